The second-order valence-corrected chi connectivity index (χ2v) is 7.79. The molecule has 0 amide bonds. The van der Waals surface area contributed by atoms with E-state index in [1.807, 2.05) is 11.8 Å². The van der Waals surface area contributed by atoms with Gasteiger partial charge >= 0.3 is 0 Å². The lowest BCUT2D eigenvalue weighted by molar-refractivity contribution is 0.0945. The Morgan fingerprint density at radius 1 is 1.27 bits per heavy atom. The summed E-state index contributed by atoms with van der Waals surface area (Å²) in [7, 11) is 2.26. The zero-order chi connectivity index (χ0) is 15.5. The summed E-state index contributed by atoms with van der Waals surface area (Å²) in [6, 6.07) is 0.774. The highest BCUT2D eigenvalue weighted by atomic mass is 32.2. The standard InChI is InChI=1S/C17H29N3OS/c1-13-14(2)20(12-16-7-5-10-21-16)17(18-13)22-11-8-15-6-4-9-19(15)3/h15-16H,4-12H2,1-3H3/t15-,16+/m1/s1. The lowest BCUT2D eigenvalue weighted by atomic mass is 10.2. The van der Waals surface area contributed by atoms with E-state index in [0.717, 1.165) is 24.9 Å². The van der Waals surface area contributed by atoms with Crippen molar-refractivity contribution in [3.05, 3.63) is 11.4 Å². The monoisotopic (exact) mass is 323 g/mol. The van der Waals surface area contributed by atoms with E-state index in [1.165, 1.54) is 55.2 Å². The number of aromatic nitrogens is 2. The van der Waals surface area contributed by atoms with Gasteiger partial charge in [0.1, 0.15) is 0 Å². The van der Waals surface area contributed by atoms with Crippen molar-refractivity contribution in [1.82, 2.24) is 14.5 Å². The summed E-state index contributed by atoms with van der Waals surface area (Å²) in [5.74, 6) is 1.16. The molecule has 124 valence electrons. The number of ether oxygens (including phenoxy) is 1. The van der Waals surface area contributed by atoms with Crippen LogP contribution >= 0.6 is 11.8 Å². The van der Waals surface area contributed by atoms with Gasteiger partial charge in [-0.15, -0.1) is 0 Å². The normalized spacial score (nSPS) is 26.1. The number of hydrogen-bond donors (Lipinski definition) is 0. The van der Waals surface area contributed by atoms with Crippen molar-refractivity contribution in [1.29, 1.82) is 0 Å². The van der Waals surface area contributed by atoms with Crippen molar-refractivity contribution in [2.24, 2.45) is 0 Å². The van der Waals surface area contributed by atoms with E-state index in [9.17, 15) is 0 Å². The molecule has 0 aromatic carbocycles. The summed E-state index contributed by atoms with van der Waals surface area (Å²) < 4.78 is 8.19. The highest BCUT2D eigenvalue weighted by Gasteiger charge is 2.22. The summed E-state index contributed by atoms with van der Waals surface area (Å²) in [6.07, 6.45) is 6.76. The number of aryl methyl sites for hydroxylation is 1. The van der Waals surface area contributed by atoms with Gasteiger partial charge in [-0.2, -0.15) is 0 Å². The first-order valence-corrected chi connectivity index (χ1v) is 9.62. The number of nitrogens with zero attached hydrogens (tertiary/aromatic N) is 3. The number of rotatable bonds is 6. The smallest absolute Gasteiger partial charge is 0.168 e. The minimum atomic E-state index is 0.382. The molecule has 4 nitrogen and oxygen atoms in total. The summed E-state index contributed by atoms with van der Waals surface area (Å²) in [5.41, 5.74) is 2.47. The molecule has 2 fully saturated rings. The minimum Gasteiger partial charge on any atom is -0.376 e. The SMILES string of the molecule is Cc1nc(SCC[C@H]2CCCN2C)n(C[C@@H]2CCCO2)c1C. The molecule has 22 heavy (non-hydrogen) atoms. The fraction of sp³-hybridized carbons (Fsp3) is 0.824. The first-order valence-electron chi connectivity index (χ1n) is 8.63. The van der Waals surface area contributed by atoms with Gasteiger partial charge in [-0.05, 0) is 59.5 Å². The van der Waals surface area contributed by atoms with Gasteiger partial charge in [0.25, 0.3) is 0 Å². The summed E-state index contributed by atoms with van der Waals surface area (Å²) in [4.78, 5) is 7.30. The van der Waals surface area contributed by atoms with Gasteiger partial charge in [0, 0.05) is 24.1 Å². The zero-order valence-corrected chi connectivity index (χ0v) is 15.0. The van der Waals surface area contributed by atoms with E-state index in [2.05, 4.69) is 30.4 Å². The molecule has 2 atom stereocenters. The Labute approximate surface area is 138 Å². The number of imidazole rings is 1. The molecule has 0 spiro atoms. The second kappa shape index (κ2) is 7.37. The van der Waals surface area contributed by atoms with E-state index >= 15 is 0 Å². The van der Waals surface area contributed by atoms with Crippen molar-refractivity contribution in [3.63, 3.8) is 0 Å². The largest absolute Gasteiger partial charge is 0.376 e. The van der Waals surface area contributed by atoms with Crippen LogP contribution in [0.4, 0.5) is 0 Å². The first-order chi connectivity index (χ1) is 10.6. The molecule has 2 aliphatic heterocycles. The Morgan fingerprint density at radius 2 is 2.14 bits per heavy atom. The topological polar surface area (TPSA) is 30.3 Å². The number of hydrogen-bond acceptors (Lipinski definition) is 4. The van der Waals surface area contributed by atoms with Crippen molar-refractivity contribution in [3.8, 4) is 0 Å². The number of likely N-dealkylation sites (tertiary alicyclic amines) is 1. The van der Waals surface area contributed by atoms with Crippen molar-refractivity contribution >= 4 is 11.8 Å². The maximum Gasteiger partial charge on any atom is 0.168 e. The zero-order valence-electron chi connectivity index (χ0n) is 14.2. The molecular weight excluding hydrogens is 294 g/mol. The Hall–Kier alpha value is -0.520. The molecule has 3 rings (SSSR count). The van der Waals surface area contributed by atoms with Gasteiger partial charge in [0.05, 0.1) is 18.3 Å². The van der Waals surface area contributed by atoms with Crippen LogP contribution in [0.1, 0.15) is 43.5 Å². The summed E-state index contributed by atoms with van der Waals surface area (Å²) >= 11 is 1.92. The Kier molecular flexibility index (Phi) is 5.47. The van der Waals surface area contributed by atoms with Crippen molar-refractivity contribution in [2.45, 2.75) is 69.8 Å². The predicted molar refractivity (Wildman–Crippen MR) is 91.7 cm³/mol. The highest BCUT2D eigenvalue weighted by Crippen LogP contribution is 2.27. The van der Waals surface area contributed by atoms with Gasteiger partial charge in [-0.1, -0.05) is 11.8 Å². The third-order valence-electron chi connectivity index (χ3n) is 5.19. The maximum atomic E-state index is 5.81. The summed E-state index contributed by atoms with van der Waals surface area (Å²) in [6.45, 7) is 7.47. The third-order valence-corrected chi connectivity index (χ3v) is 6.20. The van der Waals surface area contributed by atoms with Gasteiger partial charge in [-0.3, -0.25) is 0 Å². The van der Waals surface area contributed by atoms with Crippen molar-refractivity contribution < 1.29 is 4.74 Å². The molecule has 1 aromatic rings. The van der Waals surface area contributed by atoms with Crippen molar-refractivity contribution in [2.75, 3.05) is 26.0 Å². The molecule has 2 aliphatic rings. The van der Waals surface area contributed by atoms with Crippen LogP contribution in [0, 0.1) is 13.8 Å². The molecule has 0 saturated carbocycles. The van der Waals surface area contributed by atoms with E-state index < -0.39 is 0 Å². The molecule has 2 saturated heterocycles. The van der Waals surface area contributed by atoms with Crippen LogP contribution in [0.3, 0.4) is 0 Å². The fourth-order valence-electron chi connectivity index (χ4n) is 3.57. The average molecular weight is 324 g/mol. The molecule has 1 aromatic heterocycles. The quantitative estimate of drug-likeness (QED) is 0.752. The van der Waals surface area contributed by atoms with Gasteiger partial charge in [0.2, 0.25) is 0 Å². The molecule has 3 heterocycles. The molecule has 5 heteroatoms. The van der Waals surface area contributed by atoms with Gasteiger partial charge in [0.15, 0.2) is 5.16 Å². The van der Waals surface area contributed by atoms with Gasteiger partial charge in [-0.25, -0.2) is 4.98 Å². The first kappa shape index (κ1) is 16.3. The Bertz CT molecular complexity index is 496. The molecule has 0 unspecified atom stereocenters. The molecule has 0 bridgehead atoms. The molecule has 0 radical (unpaired) electrons. The van der Waals surface area contributed by atoms with E-state index in [-0.39, 0.29) is 0 Å². The predicted octanol–water partition coefficient (Wildman–Crippen LogP) is 3.26. The van der Waals surface area contributed by atoms with Crippen LogP contribution in [0.15, 0.2) is 5.16 Å². The highest BCUT2D eigenvalue weighted by molar-refractivity contribution is 7.99. The molecule has 0 N–H and O–H groups in total. The second-order valence-electron chi connectivity index (χ2n) is 6.72. The van der Waals surface area contributed by atoms with Crippen LogP contribution < -0.4 is 0 Å². The lowest BCUT2D eigenvalue weighted by Gasteiger charge is -2.19. The Morgan fingerprint density at radius 3 is 2.82 bits per heavy atom. The summed E-state index contributed by atoms with van der Waals surface area (Å²) in [5, 5.41) is 1.19. The third kappa shape index (κ3) is 3.69. The maximum absolute atomic E-state index is 5.81. The van der Waals surface area contributed by atoms with Crippen LogP contribution in [0.2, 0.25) is 0 Å². The van der Waals surface area contributed by atoms with Crippen LogP contribution in [0.5, 0.6) is 0 Å². The molecular formula is C17H29N3OS. The van der Waals surface area contributed by atoms with Crippen LogP contribution in [-0.4, -0.2) is 52.5 Å². The number of thioether (sulfide) groups is 1. The van der Waals surface area contributed by atoms with E-state index in [1.54, 1.807) is 0 Å². The van der Waals surface area contributed by atoms with Crippen LogP contribution in [-0.2, 0) is 11.3 Å². The molecule has 0 aliphatic carbocycles. The van der Waals surface area contributed by atoms with E-state index in [4.69, 9.17) is 9.72 Å². The van der Waals surface area contributed by atoms with Gasteiger partial charge < -0.3 is 14.2 Å². The fourth-order valence-corrected chi connectivity index (χ4v) is 4.71. The Balaban J connectivity index is 1.58. The van der Waals surface area contributed by atoms with Crippen LogP contribution in [0.25, 0.3) is 0 Å². The average Bonchev–Trinajstić information content (AvgIpc) is 3.20. The minimum absolute atomic E-state index is 0.382. The lowest BCUT2D eigenvalue weighted by Crippen LogP contribution is -2.25. The van der Waals surface area contributed by atoms with E-state index in [0.29, 0.717) is 6.10 Å².